The number of benzene rings is 1. The predicted octanol–water partition coefficient (Wildman–Crippen LogP) is 4.70. The third-order valence-electron chi connectivity index (χ3n) is 3.46. The Labute approximate surface area is 147 Å². The maximum atomic E-state index is 5.46. The average Bonchev–Trinajstić information content (AvgIpc) is 3.28. The lowest BCUT2D eigenvalue weighted by atomic mass is 10.3. The molecule has 7 heteroatoms. The first-order valence-corrected chi connectivity index (χ1v) is 9.45. The second-order valence-corrected chi connectivity index (χ2v) is 8.12. The third-order valence-corrected chi connectivity index (χ3v) is 5.32. The van der Waals surface area contributed by atoms with Crippen molar-refractivity contribution in [1.82, 2.24) is 19.7 Å². The molecule has 0 N–H and O–H groups in total. The molecule has 0 spiro atoms. The van der Waals surface area contributed by atoms with Crippen molar-refractivity contribution in [2.45, 2.75) is 30.8 Å². The number of thiophene rings is 1. The minimum atomic E-state index is 0.449. The summed E-state index contributed by atoms with van der Waals surface area (Å²) in [7, 11) is 0. The van der Waals surface area contributed by atoms with Crippen molar-refractivity contribution in [3.63, 3.8) is 0 Å². The number of rotatable bonds is 5. The van der Waals surface area contributed by atoms with Crippen LogP contribution < -0.4 is 0 Å². The zero-order chi connectivity index (χ0) is 16.5. The van der Waals surface area contributed by atoms with Crippen LogP contribution in [0.4, 0.5) is 0 Å². The van der Waals surface area contributed by atoms with Gasteiger partial charge in [0, 0.05) is 5.25 Å². The lowest BCUT2D eigenvalue weighted by Crippen LogP contribution is -2.03. The van der Waals surface area contributed by atoms with Crippen molar-refractivity contribution < 1.29 is 4.52 Å². The van der Waals surface area contributed by atoms with Crippen molar-refractivity contribution >= 4 is 34.1 Å². The molecule has 122 valence electrons. The van der Waals surface area contributed by atoms with E-state index in [9.17, 15) is 0 Å². The number of para-hydroxylation sites is 2. The monoisotopic (exact) mass is 356 g/mol. The van der Waals surface area contributed by atoms with Crippen LogP contribution in [0.25, 0.3) is 21.7 Å². The van der Waals surface area contributed by atoms with Crippen molar-refractivity contribution in [3.05, 3.63) is 47.7 Å². The molecule has 0 fully saturated rings. The summed E-state index contributed by atoms with van der Waals surface area (Å²) in [5.74, 6) is 1.23. The summed E-state index contributed by atoms with van der Waals surface area (Å²) < 4.78 is 7.60. The standard InChI is InChI=1S/C17H16N4OS2/c1-11(2)24-17-18-12-6-3-4-7-13(12)21(17)10-15-19-16(20-22-15)14-8-5-9-23-14/h3-9,11H,10H2,1-2H3. The van der Waals surface area contributed by atoms with Gasteiger partial charge < -0.3 is 9.09 Å². The van der Waals surface area contributed by atoms with E-state index < -0.39 is 0 Å². The minimum Gasteiger partial charge on any atom is -0.337 e. The first kappa shape index (κ1) is 15.4. The molecule has 0 bridgehead atoms. The van der Waals surface area contributed by atoms with Gasteiger partial charge in [0.1, 0.15) is 6.54 Å². The smallest absolute Gasteiger partial charge is 0.247 e. The Morgan fingerprint density at radius 1 is 1.17 bits per heavy atom. The first-order chi connectivity index (χ1) is 11.7. The van der Waals surface area contributed by atoms with E-state index in [1.54, 1.807) is 23.1 Å². The van der Waals surface area contributed by atoms with Crippen molar-refractivity contribution in [2.24, 2.45) is 0 Å². The highest BCUT2D eigenvalue weighted by atomic mass is 32.2. The normalized spacial score (nSPS) is 11.6. The van der Waals surface area contributed by atoms with Gasteiger partial charge in [-0.1, -0.05) is 49.0 Å². The van der Waals surface area contributed by atoms with Gasteiger partial charge in [-0.25, -0.2) is 4.98 Å². The van der Waals surface area contributed by atoms with Gasteiger partial charge in [0.05, 0.1) is 15.9 Å². The highest BCUT2D eigenvalue weighted by molar-refractivity contribution is 7.99. The minimum absolute atomic E-state index is 0.449. The Bertz CT molecular complexity index is 956. The highest BCUT2D eigenvalue weighted by Gasteiger charge is 2.16. The van der Waals surface area contributed by atoms with E-state index in [0.717, 1.165) is 21.1 Å². The van der Waals surface area contributed by atoms with Gasteiger partial charge in [-0.05, 0) is 23.6 Å². The van der Waals surface area contributed by atoms with Crippen LogP contribution in [0.2, 0.25) is 0 Å². The number of fused-ring (bicyclic) bond motifs is 1. The first-order valence-electron chi connectivity index (χ1n) is 7.69. The van der Waals surface area contributed by atoms with Gasteiger partial charge in [-0.3, -0.25) is 0 Å². The maximum Gasteiger partial charge on any atom is 0.247 e. The molecular formula is C17H16N4OS2. The molecule has 4 aromatic rings. The van der Waals surface area contributed by atoms with E-state index in [0.29, 0.717) is 23.5 Å². The van der Waals surface area contributed by atoms with Crippen LogP contribution in [0.1, 0.15) is 19.7 Å². The van der Waals surface area contributed by atoms with Crippen LogP contribution >= 0.6 is 23.1 Å². The molecule has 0 saturated heterocycles. The molecule has 3 aromatic heterocycles. The summed E-state index contributed by atoms with van der Waals surface area (Å²) in [6.45, 7) is 4.85. The van der Waals surface area contributed by atoms with E-state index >= 15 is 0 Å². The Hall–Kier alpha value is -2.12. The topological polar surface area (TPSA) is 56.7 Å². The average molecular weight is 356 g/mol. The Kier molecular flexibility index (Phi) is 4.12. The van der Waals surface area contributed by atoms with Gasteiger partial charge in [-0.15, -0.1) is 11.3 Å². The molecule has 0 aliphatic heterocycles. The fourth-order valence-corrected chi connectivity index (χ4v) is 3.98. The van der Waals surface area contributed by atoms with Crippen molar-refractivity contribution in [3.8, 4) is 10.7 Å². The van der Waals surface area contributed by atoms with E-state index in [-0.39, 0.29) is 0 Å². The van der Waals surface area contributed by atoms with E-state index in [4.69, 9.17) is 9.51 Å². The quantitative estimate of drug-likeness (QED) is 0.485. The summed E-state index contributed by atoms with van der Waals surface area (Å²) in [5.41, 5.74) is 2.06. The van der Waals surface area contributed by atoms with Crippen LogP contribution in [0.3, 0.4) is 0 Å². The molecule has 0 aliphatic carbocycles. The van der Waals surface area contributed by atoms with Crippen LogP contribution in [0, 0.1) is 0 Å². The van der Waals surface area contributed by atoms with E-state index in [1.807, 2.05) is 35.7 Å². The van der Waals surface area contributed by atoms with Gasteiger partial charge in [0.2, 0.25) is 11.7 Å². The van der Waals surface area contributed by atoms with E-state index in [1.165, 1.54) is 0 Å². The van der Waals surface area contributed by atoms with Crippen LogP contribution in [-0.2, 0) is 6.54 Å². The molecule has 0 atom stereocenters. The number of nitrogens with zero attached hydrogens (tertiary/aromatic N) is 4. The number of imidazole rings is 1. The number of thioether (sulfide) groups is 1. The second kappa shape index (κ2) is 6.41. The Morgan fingerprint density at radius 3 is 2.83 bits per heavy atom. The summed E-state index contributed by atoms with van der Waals surface area (Å²) in [6, 6.07) is 12.1. The molecule has 0 radical (unpaired) electrons. The number of hydrogen-bond donors (Lipinski definition) is 0. The molecular weight excluding hydrogens is 340 g/mol. The van der Waals surface area contributed by atoms with E-state index in [2.05, 4.69) is 34.6 Å². The molecule has 3 heterocycles. The van der Waals surface area contributed by atoms with Gasteiger partial charge >= 0.3 is 0 Å². The van der Waals surface area contributed by atoms with Crippen LogP contribution in [0.5, 0.6) is 0 Å². The molecule has 0 saturated carbocycles. The van der Waals surface area contributed by atoms with Crippen LogP contribution in [-0.4, -0.2) is 24.9 Å². The van der Waals surface area contributed by atoms with Crippen molar-refractivity contribution in [2.75, 3.05) is 0 Å². The SMILES string of the molecule is CC(C)Sc1nc2ccccc2n1Cc1nc(-c2cccs2)no1. The fourth-order valence-electron chi connectivity index (χ4n) is 2.47. The molecule has 0 unspecified atom stereocenters. The second-order valence-electron chi connectivity index (χ2n) is 5.62. The largest absolute Gasteiger partial charge is 0.337 e. The summed E-state index contributed by atoms with van der Waals surface area (Å²) in [5, 5.41) is 7.52. The summed E-state index contributed by atoms with van der Waals surface area (Å²) >= 11 is 3.34. The Balaban J connectivity index is 1.71. The maximum absolute atomic E-state index is 5.46. The zero-order valence-electron chi connectivity index (χ0n) is 13.3. The van der Waals surface area contributed by atoms with Crippen molar-refractivity contribution in [1.29, 1.82) is 0 Å². The molecule has 0 amide bonds. The highest BCUT2D eigenvalue weighted by Crippen LogP contribution is 2.28. The molecule has 1 aromatic carbocycles. The number of hydrogen-bond acceptors (Lipinski definition) is 6. The molecule has 24 heavy (non-hydrogen) atoms. The van der Waals surface area contributed by atoms with Gasteiger partial charge in [-0.2, -0.15) is 4.98 Å². The fraction of sp³-hybridized carbons (Fsp3) is 0.235. The summed E-state index contributed by atoms with van der Waals surface area (Å²) in [6.07, 6.45) is 0. The summed E-state index contributed by atoms with van der Waals surface area (Å²) in [4.78, 5) is 10.3. The zero-order valence-corrected chi connectivity index (χ0v) is 15.0. The van der Waals surface area contributed by atoms with Crippen LogP contribution in [0.15, 0.2) is 51.5 Å². The van der Waals surface area contributed by atoms with Gasteiger partial charge in [0.25, 0.3) is 0 Å². The number of aromatic nitrogens is 4. The molecule has 4 rings (SSSR count). The third kappa shape index (κ3) is 2.97. The lowest BCUT2D eigenvalue weighted by molar-refractivity contribution is 0.369. The lowest BCUT2D eigenvalue weighted by Gasteiger charge is -2.07. The molecule has 0 aliphatic rings. The molecule has 5 nitrogen and oxygen atoms in total. The Morgan fingerprint density at radius 2 is 2.04 bits per heavy atom. The predicted molar refractivity (Wildman–Crippen MR) is 97.4 cm³/mol. The van der Waals surface area contributed by atoms with Gasteiger partial charge in [0.15, 0.2) is 5.16 Å².